The van der Waals surface area contributed by atoms with Crippen molar-refractivity contribution in [1.29, 1.82) is 0 Å². The number of imidazole rings is 1. The highest BCUT2D eigenvalue weighted by molar-refractivity contribution is 6.33. The zero-order valence-electron chi connectivity index (χ0n) is 10.3. The first-order chi connectivity index (χ1) is 9.15. The molecule has 0 aliphatic heterocycles. The number of nitrogens with zero attached hydrogens (tertiary/aromatic N) is 4. The van der Waals surface area contributed by atoms with Crippen molar-refractivity contribution in [3.05, 3.63) is 11.5 Å². The molecule has 3 N–H and O–H groups in total. The van der Waals surface area contributed by atoms with E-state index < -0.39 is 6.29 Å². The van der Waals surface area contributed by atoms with Gasteiger partial charge in [0.15, 0.2) is 17.1 Å². The van der Waals surface area contributed by atoms with Gasteiger partial charge in [-0.3, -0.25) is 0 Å². The average molecular weight is 288 g/mol. The van der Waals surface area contributed by atoms with Crippen LogP contribution in [0, 0.1) is 0 Å². The van der Waals surface area contributed by atoms with E-state index in [4.69, 9.17) is 31.9 Å². The third kappa shape index (κ3) is 3.10. The summed E-state index contributed by atoms with van der Waals surface area (Å²) in [5.74, 6) is 0.0736. The van der Waals surface area contributed by atoms with E-state index in [1.54, 1.807) is 10.9 Å². The van der Waals surface area contributed by atoms with Crippen LogP contribution in [0.2, 0.25) is 5.15 Å². The number of hydrogen-bond donors (Lipinski definition) is 2. The summed E-state index contributed by atoms with van der Waals surface area (Å²) in [5, 5.41) is 8.93. The van der Waals surface area contributed by atoms with E-state index in [0.717, 1.165) is 0 Å². The van der Waals surface area contributed by atoms with Gasteiger partial charge in [0.1, 0.15) is 5.52 Å². The summed E-state index contributed by atoms with van der Waals surface area (Å²) >= 11 is 5.93. The highest BCUT2D eigenvalue weighted by atomic mass is 35.5. The monoisotopic (exact) mass is 287 g/mol. The zero-order chi connectivity index (χ0) is 13.8. The van der Waals surface area contributed by atoms with Gasteiger partial charge in [-0.2, -0.15) is 9.97 Å². The molecule has 104 valence electrons. The van der Waals surface area contributed by atoms with Crippen LogP contribution in [0.5, 0.6) is 0 Å². The molecular formula is C10H14ClN5O3. The van der Waals surface area contributed by atoms with E-state index in [0.29, 0.717) is 17.7 Å². The standard InChI is InChI=1S/C10H14ClN5O3/c1-18-6(19-3-2-17)4-16-5-13-7-8(11)14-10(12)15-9(7)16/h5-6,17H,2-4H2,1H3,(H2,12,14,15). The van der Waals surface area contributed by atoms with Gasteiger partial charge in [-0.1, -0.05) is 11.6 Å². The predicted molar refractivity (Wildman–Crippen MR) is 68.6 cm³/mol. The van der Waals surface area contributed by atoms with Crippen molar-refractivity contribution < 1.29 is 14.6 Å². The van der Waals surface area contributed by atoms with Gasteiger partial charge in [0.2, 0.25) is 5.95 Å². The maximum atomic E-state index is 8.73. The second kappa shape index (κ2) is 6.11. The van der Waals surface area contributed by atoms with Crippen LogP contribution in [0.3, 0.4) is 0 Å². The molecule has 0 fully saturated rings. The first-order valence-corrected chi connectivity index (χ1v) is 5.92. The first-order valence-electron chi connectivity index (χ1n) is 5.54. The Labute approximate surface area is 114 Å². The third-order valence-corrected chi connectivity index (χ3v) is 2.71. The molecule has 19 heavy (non-hydrogen) atoms. The van der Waals surface area contributed by atoms with Crippen LogP contribution in [0.4, 0.5) is 5.95 Å². The topological polar surface area (TPSA) is 108 Å². The van der Waals surface area contributed by atoms with Crippen molar-refractivity contribution in [2.75, 3.05) is 26.1 Å². The highest BCUT2D eigenvalue weighted by Crippen LogP contribution is 2.19. The second-order valence-corrected chi connectivity index (χ2v) is 4.06. The van der Waals surface area contributed by atoms with Crippen molar-refractivity contribution in [3.8, 4) is 0 Å². The molecule has 0 spiro atoms. The Kier molecular flexibility index (Phi) is 4.48. The number of aromatic nitrogens is 4. The molecule has 8 nitrogen and oxygen atoms in total. The number of aliphatic hydroxyl groups excluding tert-OH is 1. The number of hydrogen-bond acceptors (Lipinski definition) is 7. The second-order valence-electron chi connectivity index (χ2n) is 3.70. The molecule has 0 saturated carbocycles. The van der Waals surface area contributed by atoms with Crippen LogP contribution >= 0.6 is 11.6 Å². The Bertz CT molecular complexity index is 561. The Balaban J connectivity index is 2.25. The minimum Gasteiger partial charge on any atom is -0.394 e. The number of nitrogens with two attached hydrogens (primary N) is 1. The molecule has 1 unspecified atom stereocenters. The fourth-order valence-electron chi connectivity index (χ4n) is 1.60. The Hall–Kier alpha value is -1.48. The van der Waals surface area contributed by atoms with Gasteiger partial charge >= 0.3 is 0 Å². The van der Waals surface area contributed by atoms with Gasteiger partial charge < -0.3 is 24.9 Å². The van der Waals surface area contributed by atoms with Gasteiger partial charge in [0, 0.05) is 7.11 Å². The number of halogens is 1. The number of fused-ring (bicyclic) bond motifs is 1. The van der Waals surface area contributed by atoms with Crippen molar-refractivity contribution in [2.24, 2.45) is 0 Å². The molecule has 2 aromatic heterocycles. The number of nitrogen functional groups attached to an aromatic ring is 1. The summed E-state index contributed by atoms with van der Waals surface area (Å²) in [6.45, 7) is 0.453. The third-order valence-electron chi connectivity index (χ3n) is 2.44. The molecule has 0 aliphatic rings. The summed E-state index contributed by atoms with van der Waals surface area (Å²) in [4.78, 5) is 12.0. The molecule has 2 heterocycles. The van der Waals surface area contributed by atoms with E-state index in [1.165, 1.54) is 7.11 Å². The number of methoxy groups -OCH3 is 1. The molecule has 0 amide bonds. The molecular weight excluding hydrogens is 274 g/mol. The minimum atomic E-state index is -0.528. The van der Waals surface area contributed by atoms with Crippen LogP contribution in [-0.4, -0.2) is 51.2 Å². The van der Waals surface area contributed by atoms with Gasteiger partial charge in [0.25, 0.3) is 0 Å². The van der Waals surface area contributed by atoms with Gasteiger partial charge in [-0.15, -0.1) is 0 Å². The Morgan fingerprint density at radius 3 is 3.00 bits per heavy atom. The SMILES string of the molecule is COC(Cn1cnc2c(Cl)nc(N)nc21)OCCO. The Morgan fingerprint density at radius 1 is 1.53 bits per heavy atom. The Morgan fingerprint density at radius 2 is 2.32 bits per heavy atom. The fraction of sp³-hybridized carbons (Fsp3) is 0.500. The maximum absolute atomic E-state index is 8.73. The lowest BCUT2D eigenvalue weighted by Crippen LogP contribution is -2.23. The first kappa shape index (κ1) is 13.9. The zero-order valence-corrected chi connectivity index (χ0v) is 11.0. The van der Waals surface area contributed by atoms with Crippen molar-refractivity contribution in [1.82, 2.24) is 19.5 Å². The molecule has 0 radical (unpaired) electrons. The lowest BCUT2D eigenvalue weighted by molar-refractivity contribution is -0.136. The van der Waals surface area contributed by atoms with E-state index >= 15 is 0 Å². The quantitative estimate of drug-likeness (QED) is 0.570. The smallest absolute Gasteiger partial charge is 0.223 e. The van der Waals surface area contributed by atoms with Crippen LogP contribution in [0.15, 0.2) is 6.33 Å². The number of aliphatic hydroxyl groups is 1. The van der Waals surface area contributed by atoms with E-state index in [-0.39, 0.29) is 24.3 Å². The molecule has 2 rings (SSSR count). The number of anilines is 1. The summed E-state index contributed by atoms with van der Waals surface area (Å²) < 4.78 is 12.1. The van der Waals surface area contributed by atoms with Crippen LogP contribution in [-0.2, 0) is 16.0 Å². The summed E-state index contributed by atoms with van der Waals surface area (Å²) in [6.07, 6.45) is 1.03. The van der Waals surface area contributed by atoms with E-state index in [1.807, 2.05) is 0 Å². The van der Waals surface area contributed by atoms with Crippen molar-refractivity contribution >= 4 is 28.7 Å². The number of ether oxygens (including phenoxy) is 2. The normalized spacial score (nSPS) is 13.0. The van der Waals surface area contributed by atoms with E-state index in [2.05, 4.69) is 15.0 Å². The predicted octanol–water partition coefficient (Wildman–Crippen LogP) is 0.0433. The minimum absolute atomic E-state index is 0.0736. The van der Waals surface area contributed by atoms with E-state index in [9.17, 15) is 0 Å². The van der Waals surface area contributed by atoms with Crippen molar-refractivity contribution in [2.45, 2.75) is 12.8 Å². The van der Waals surface area contributed by atoms with Crippen LogP contribution < -0.4 is 5.73 Å². The summed E-state index contributed by atoms with van der Waals surface area (Å²) in [7, 11) is 1.51. The van der Waals surface area contributed by atoms with Crippen molar-refractivity contribution in [3.63, 3.8) is 0 Å². The van der Waals surface area contributed by atoms with Gasteiger partial charge in [0.05, 0.1) is 26.1 Å². The molecule has 0 aliphatic carbocycles. The molecule has 9 heteroatoms. The maximum Gasteiger partial charge on any atom is 0.223 e. The fourth-order valence-corrected chi connectivity index (χ4v) is 1.82. The molecule has 0 aromatic carbocycles. The molecule has 0 bridgehead atoms. The lowest BCUT2D eigenvalue weighted by atomic mass is 10.5. The van der Waals surface area contributed by atoms with Gasteiger partial charge in [-0.05, 0) is 0 Å². The molecule has 2 aromatic rings. The average Bonchev–Trinajstić information content (AvgIpc) is 2.77. The molecule has 1 atom stereocenters. The molecule has 0 saturated heterocycles. The van der Waals surface area contributed by atoms with Crippen LogP contribution in [0.25, 0.3) is 11.2 Å². The largest absolute Gasteiger partial charge is 0.394 e. The summed E-state index contributed by atoms with van der Waals surface area (Å²) in [6, 6.07) is 0. The summed E-state index contributed by atoms with van der Waals surface area (Å²) in [5.41, 5.74) is 6.53. The lowest BCUT2D eigenvalue weighted by Gasteiger charge is -2.16. The van der Waals surface area contributed by atoms with Gasteiger partial charge in [-0.25, -0.2) is 4.98 Å². The highest BCUT2D eigenvalue weighted by Gasteiger charge is 2.14. The number of rotatable bonds is 6. The van der Waals surface area contributed by atoms with Crippen LogP contribution in [0.1, 0.15) is 0 Å².